The maximum atomic E-state index is 13.2. The number of nitrogens with zero attached hydrogens (tertiary/aromatic N) is 4. The Labute approximate surface area is 246 Å². The highest BCUT2D eigenvalue weighted by Gasteiger charge is 2.29. The van der Waals surface area contributed by atoms with Crippen LogP contribution in [0.25, 0.3) is 11.8 Å². The van der Waals surface area contributed by atoms with Crippen LogP contribution in [0.1, 0.15) is 22.8 Å². The minimum Gasteiger partial charge on any atom is -0.493 e. The number of carboxylic acids is 1. The Morgan fingerprint density at radius 3 is 2.46 bits per heavy atom. The number of aromatic carboxylic acids is 1. The molecule has 1 aromatic heterocycles. The van der Waals surface area contributed by atoms with Crippen LogP contribution in [-0.2, 0) is 4.79 Å². The van der Waals surface area contributed by atoms with Crippen LogP contribution in [-0.4, -0.2) is 39.6 Å². The lowest BCUT2D eigenvalue weighted by Crippen LogP contribution is -2.21. The lowest BCUT2D eigenvalue weighted by molar-refractivity contribution is -0.114. The van der Waals surface area contributed by atoms with Crippen LogP contribution in [0.4, 0.5) is 5.69 Å². The summed E-state index contributed by atoms with van der Waals surface area (Å²) in [5, 5.41) is 18.8. The van der Waals surface area contributed by atoms with E-state index in [1.807, 2.05) is 6.07 Å². The molecule has 1 amide bonds. The van der Waals surface area contributed by atoms with Crippen LogP contribution >= 0.6 is 27.5 Å². The van der Waals surface area contributed by atoms with E-state index < -0.39 is 17.4 Å². The highest BCUT2D eigenvalue weighted by Crippen LogP contribution is 2.41. The molecule has 0 fully saturated rings. The molecular weight excluding hydrogens is 616 g/mol. The van der Waals surface area contributed by atoms with Gasteiger partial charge in [-0.15, -0.1) is 0 Å². The van der Waals surface area contributed by atoms with E-state index in [0.29, 0.717) is 38.4 Å². The van der Waals surface area contributed by atoms with Gasteiger partial charge in [0.25, 0.3) is 11.5 Å². The van der Waals surface area contributed by atoms with Gasteiger partial charge in [0.15, 0.2) is 22.3 Å². The van der Waals surface area contributed by atoms with Gasteiger partial charge in [0.1, 0.15) is 0 Å². The molecule has 0 saturated carbocycles. The number of ether oxygens (including phenoxy) is 2. The minimum atomic E-state index is -1.11. The predicted molar refractivity (Wildman–Crippen MR) is 158 cm³/mol. The average molecular weight is 636 g/mol. The summed E-state index contributed by atoms with van der Waals surface area (Å²) < 4.78 is 13.1. The second-order valence-electron chi connectivity index (χ2n) is 8.73. The van der Waals surface area contributed by atoms with Gasteiger partial charge in [-0.1, -0.05) is 35.9 Å². The second-order valence-corrected chi connectivity index (χ2v) is 9.96. The summed E-state index contributed by atoms with van der Waals surface area (Å²) in [7, 11) is 1.45. The lowest BCUT2D eigenvalue weighted by atomic mass is 10.1. The normalized spacial score (nSPS) is 13.9. The second kappa shape index (κ2) is 11.4. The molecule has 0 radical (unpaired) electrons. The summed E-state index contributed by atoms with van der Waals surface area (Å²) in [5.74, 6) is -0.964. The fourth-order valence-electron chi connectivity index (χ4n) is 4.07. The van der Waals surface area contributed by atoms with Gasteiger partial charge in [0.2, 0.25) is 0 Å². The SMILES string of the molecule is COc1cc(/C=C2/C(=O)N(c3cccc(C(=O)O)c3)N=C2C)cc(Br)c1Oc1cnn(-c2ccccc2)c(=O)c1Cl. The molecule has 1 aliphatic heterocycles. The number of para-hydroxylation sites is 1. The topological polar surface area (TPSA) is 123 Å². The molecule has 5 rings (SSSR count). The van der Waals surface area contributed by atoms with Crippen molar-refractivity contribution in [3.05, 3.63) is 109 Å². The Morgan fingerprint density at radius 1 is 1.02 bits per heavy atom. The van der Waals surface area contributed by atoms with Crippen LogP contribution in [0, 0.1) is 0 Å². The molecule has 3 aromatic carbocycles. The summed E-state index contributed by atoms with van der Waals surface area (Å²) in [6.07, 6.45) is 2.97. The zero-order chi connectivity index (χ0) is 29.3. The Bertz CT molecular complexity index is 1820. The van der Waals surface area contributed by atoms with Gasteiger partial charge in [-0.25, -0.2) is 4.79 Å². The fourth-order valence-corrected chi connectivity index (χ4v) is 4.78. The summed E-state index contributed by atoms with van der Waals surface area (Å²) >= 11 is 9.84. The van der Waals surface area contributed by atoms with Crippen LogP contribution in [0.3, 0.4) is 0 Å². The van der Waals surface area contributed by atoms with E-state index in [-0.39, 0.29) is 22.1 Å². The van der Waals surface area contributed by atoms with Crippen molar-refractivity contribution in [3.8, 4) is 22.9 Å². The van der Waals surface area contributed by atoms with E-state index in [0.717, 1.165) is 5.01 Å². The van der Waals surface area contributed by atoms with E-state index in [2.05, 4.69) is 26.1 Å². The number of amides is 1. The van der Waals surface area contributed by atoms with Crippen molar-refractivity contribution in [2.75, 3.05) is 12.1 Å². The standard InChI is InChI=1S/C29H20BrClN4O6/c1-16-21(27(36)35(33-16)20-10-6-7-18(14-20)29(38)39)11-17-12-22(30)26(23(13-17)40-2)41-24-15-32-34(28(37)25(24)31)19-8-4-3-5-9-19/h3-15H,1-2H3,(H,38,39)/b21-11+. The van der Waals surface area contributed by atoms with E-state index in [9.17, 15) is 19.5 Å². The smallest absolute Gasteiger partial charge is 0.335 e. The zero-order valence-electron chi connectivity index (χ0n) is 21.5. The zero-order valence-corrected chi connectivity index (χ0v) is 23.9. The van der Waals surface area contributed by atoms with Crippen LogP contribution in [0.15, 0.2) is 92.9 Å². The summed E-state index contributed by atoms with van der Waals surface area (Å²) in [6.45, 7) is 1.68. The minimum absolute atomic E-state index is 0.0298. The summed E-state index contributed by atoms with van der Waals surface area (Å²) in [5.41, 5.74) is 1.71. The van der Waals surface area contributed by atoms with Gasteiger partial charge >= 0.3 is 5.97 Å². The molecule has 41 heavy (non-hydrogen) atoms. The Morgan fingerprint density at radius 2 is 1.76 bits per heavy atom. The molecule has 2 heterocycles. The number of hydrogen-bond acceptors (Lipinski definition) is 7. The Kier molecular flexibility index (Phi) is 7.73. The maximum Gasteiger partial charge on any atom is 0.335 e. The lowest BCUT2D eigenvalue weighted by Gasteiger charge is -2.15. The quantitative estimate of drug-likeness (QED) is 0.249. The monoisotopic (exact) mass is 634 g/mol. The molecule has 0 atom stereocenters. The van der Waals surface area contributed by atoms with Gasteiger partial charge in [-0.2, -0.15) is 19.9 Å². The number of anilines is 1. The molecule has 4 aromatic rings. The molecule has 0 spiro atoms. The van der Waals surface area contributed by atoms with Crippen LogP contribution in [0.2, 0.25) is 5.02 Å². The molecule has 1 aliphatic rings. The molecule has 0 aliphatic carbocycles. The molecular formula is C29H20BrClN4O6. The number of carboxylic acid groups (broad SMARTS) is 1. The van der Waals surface area contributed by atoms with E-state index in [4.69, 9.17) is 21.1 Å². The third-order valence-corrected chi connectivity index (χ3v) is 7.00. The third kappa shape index (κ3) is 5.49. The number of aromatic nitrogens is 2. The van der Waals surface area contributed by atoms with Gasteiger partial charge in [-0.05, 0) is 77.0 Å². The number of hydrogen-bond donors (Lipinski definition) is 1. The van der Waals surface area contributed by atoms with Gasteiger partial charge in [-0.3, -0.25) is 9.59 Å². The number of rotatable bonds is 7. The first-order valence-corrected chi connectivity index (χ1v) is 13.2. The van der Waals surface area contributed by atoms with Crippen molar-refractivity contribution in [1.82, 2.24) is 9.78 Å². The van der Waals surface area contributed by atoms with Crippen molar-refractivity contribution < 1.29 is 24.2 Å². The number of carbonyl (C=O) groups excluding carboxylic acids is 1. The number of halogens is 2. The Balaban J connectivity index is 1.45. The first-order chi connectivity index (χ1) is 19.7. The molecule has 1 N–H and O–H groups in total. The van der Waals surface area contributed by atoms with Crippen molar-refractivity contribution >= 4 is 56.9 Å². The number of hydrazone groups is 1. The molecule has 0 unspecified atom stereocenters. The molecule has 0 bridgehead atoms. The highest BCUT2D eigenvalue weighted by molar-refractivity contribution is 9.10. The fraction of sp³-hybridized carbons (Fsp3) is 0.0690. The predicted octanol–water partition coefficient (Wildman–Crippen LogP) is 5.95. The van der Waals surface area contributed by atoms with E-state index in [1.54, 1.807) is 61.5 Å². The molecule has 206 valence electrons. The van der Waals surface area contributed by atoms with Crippen LogP contribution in [0.5, 0.6) is 17.2 Å². The van der Waals surface area contributed by atoms with Crippen molar-refractivity contribution in [2.45, 2.75) is 6.92 Å². The first kappa shape index (κ1) is 27.8. The highest BCUT2D eigenvalue weighted by atomic mass is 79.9. The van der Waals surface area contributed by atoms with Gasteiger partial charge < -0.3 is 14.6 Å². The number of carbonyl (C=O) groups is 2. The number of methoxy groups -OCH3 is 1. The van der Waals surface area contributed by atoms with Crippen LogP contribution < -0.4 is 20.0 Å². The van der Waals surface area contributed by atoms with Crippen molar-refractivity contribution in [3.63, 3.8) is 0 Å². The van der Waals surface area contributed by atoms with Gasteiger partial charge in [0.05, 0.1) is 46.0 Å². The molecule has 10 nitrogen and oxygen atoms in total. The largest absolute Gasteiger partial charge is 0.493 e. The van der Waals surface area contributed by atoms with Crippen molar-refractivity contribution in [1.29, 1.82) is 0 Å². The third-order valence-electron chi connectivity index (χ3n) is 6.06. The summed E-state index contributed by atoms with van der Waals surface area (Å²) in [4.78, 5) is 37.5. The van der Waals surface area contributed by atoms with Crippen molar-refractivity contribution in [2.24, 2.45) is 5.10 Å². The van der Waals surface area contributed by atoms with Gasteiger partial charge in [0, 0.05) is 0 Å². The Hall–Kier alpha value is -4.74. The first-order valence-electron chi connectivity index (χ1n) is 12.0. The summed E-state index contributed by atoms with van der Waals surface area (Å²) in [6, 6.07) is 18.2. The molecule has 12 heteroatoms. The van der Waals surface area contributed by atoms with E-state index >= 15 is 0 Å². The maximum absolute atomic E-state index is 13.2. The average Bonchev–Trinajstić information content (AvgIpc) is 3.25. The number of benzene rings is 3. The molecule has 0 saturated heterocycles. The van der Waals surface area contributed by atoms with E-state index in [1.165, 1.54) is 30.1 Å².